The third kappa shape index (κ3) is 13.0. The van der Waals surface area contributed by atoms with Gasteiger partial charge in [0, 0.05) is 10.9 Å². The summed E-state index contributed by atoms with van der Waals surface area (Å²) in [6, 6.07) is 7.45. The van der Waals surface area contributed by atoms with Crippen molar-refractivity contribution in [2.75, 3.05) is 0 Å². The number of Topliss-reactive ketones (excluding diaryl/α,β-unsaturated/α-hetero) is 1. The molecule has 0 N–H and O–H groups in total. The van der Waals surface area contributed by atoms with Gasteiger partial charge in [-0.3, -0.25) is 4.79 Å². The van der Waals surface area contributed by atoms with E-state index in [2.05, 4.69) is 0 Å². The van der Waals surface area contributed by atoms with E-state index in [1.54, 1.807) is 54.6 Å². The highest BCUT2D eigenvalue weighted by Crippen LogP contribution is 2.41. The molecule has 0 saturated carbocycles. The Kier molecular flexibility index (Phi) is 15.7. The molecule has 0 spiro atoms. The quantitative estimate of drug-likeness (QED) is 0.0512. The second-order valence-corrected chi connectivity index (χ2v) is 16.9. The molecule has 0 amide bonds. The Labute approximate surface area is 419 Å². The maximum atomic E-state index is 14.4. The zero-order chi connectivity index (χ0) is 58.7. The van der Waals surface area contributed by atoms with E-state index in [9.17, 15) is 119 Å². The fourth-order valence-electron chi connectivity index (χ4n) is 8.33. The molecule has 0 radical (unpaired) electrons. The first-order valence-electron chi connectivity index (χ1n) is 21.1. The van der Waals surface area contributed by atoms with Gasteiger partial charge in [-0.1, -0.05) is 97.1 Å². The van der Waals surface area contributed by atoms with Crippen LogP contribution in [0.2, 0.25) is 0 Å². The summed E-state index contributed by atoms with van der Waals surface area (Å²) in [4.78, 5) is 12.1. The van der Waals surface area contributed by atoms with Crippen molar-refractivity contribution in [3.05, 3.63) is 195 Å². The molecule has 0 unspecified atom stereocenters. The molecule has 0 aliphatic carbocycles. The Bertz CT molecular complexity index is 2920. The maximum absolute atomic E-state index is 14.4. The van der Waals surface area contributed by atoms with Gasteiger partial charge in [0.2, 0.25) is 12.3 Å². The van der Waals surface area contributed by atoms with Crippen LogP contribution in [-0.2, 0) is 56.0 Å². The van der Waals surface area contributed by atoms with Gasteiger partial charge in [0.15, 0.2) is 0 Å². The van der Waals surface area contributed by atoms with Crippen LogP contribution in [-0.4, -0.2) is 11.9 Å². The Morgan fingerprint density at radius 1 is 0.346 bits per heavy atom. The molecule has 0 aliphatic rings. The fourth-order valence-corrected chi connectivity index (χ4v) is 8.33. The highest BCUT2D eigenvalue weighted by Gasteiger charge is 2.47. The SMILES string of the molecule is FC(F)(F)c1cc([B-](c2cc(C(F)(F)F)cc(C(F)(F)F)c2)(c2cc(C(F)(F)F)cc(C(F)(F)F)c2)c2cc(C(F)(F)F)cc(C(F)(F)F)c2)cc(C(F)(F)F)c1.O=C(C[n+]1c(F)cc2ccccc2c1F)c1ccccc1. The Hall–Kier alpha value is -7.36. The number of ketones is 1. The first-order valence-corrected chi connectivity index (χ1v) is 21.1. The summed E-state index contributed by atoms with van der Waals surface area (Å²) in [6.45, 7) is -0.369. The lowest BCUT2D eigenvalue weighted by atomic mass is 9.12. The number of carbonyl (C=O) groups excluding carboxylic acids is 1. The van der Waals surface area contributed by atoms with E-state index in [4.69, 9.17) is 0 Å². The van der Waals surface area contributed by atoms with Gasteiger partial charge < -0.3 is 0 Å². The highest BCUT2D eigenvalue weighted by molar-refractivity contribution is 7.20. The normalized spacial score (nSPS) is 13.4. The lowest BCUT2D eigenvalue weighted by Crippen LogP contribution is -2.75. The number of benzene rings is 6. The molecule has 1 heterocycles. The summed E-state index contributed by atoms with van der Waals surface area (Å²) in [6.07, 6.45) is -54.8. The second-order valence-electron chi connectivity index (χ2n) is 16.9. The van der Waals surface area contributed by atoms with Crippen LogP contribution in [0.25, 0.3) is 10.8 Å². The third-order valence-electron chi connectivity index (χ3n) is 11.8. The van der Waals surface area contributed by atoms with Crippen LogP contribution in [0.4, 0.5) is 114 Å². The predicted octanol–water partition coefficient (Wildman–Crippen LogP) is 14.5. The van der Waals surface area contributed by atoms with Crippen molar-refractivity contribution in [2.45, 2.75) is 56.0 Å². The minimum Gasteiger partial charge on any atom is -0.287 e. The average Bonchev–Trinajstić information content (AvgIpc) is 3.35. The van der Waals surface area contributed by atoms with E-state index in [0.29, 0.717) is 16.3 Å². The molecule has 0 saturated heterocycles. The highest BCUT2D eigenvalue weighted by atomic mass is 19.4. The molecule has 416 valence electrons. The topological polar surface area (TPSA) is 20.9 Å². The zero-order valence-electron chi connectivity index (χ0n) is 37.7. The van der Waals surface area contributed by atoms with Crippen molar-refractivity contribution in [3.63, 3.8) is 0 Å². The van der Waals surface area contributed by atoms with Gasteiger partial charge in [0.1, 0.15) is 6.15 Å². The number of fused-ring (bicyclic) bond motifs is 1. The van der Waals surface area contributed by atoms with Crippen molar-refractivity contribution in [2.24, 2.45) is 0 Å². The average molecular weight is 1150 g/mol. The minimum absolute atomic E-state index is 0.291. The monoisotopic (exact) mass is 1150 g/mol. The summed E-state index contributed by atoms with van der Waals surface area (Å²) < 4.78 is 370. The Balaban J connectivity index is 0.000000387. The van der Waals surface area contributed by atoms with Gasteiger partial charge in [-0.15, -0.1) is 13.3 Å². The van der Waals surface area contributed by atoms with Crippen LogP contribution in [0, 0.1) is 11.9 Å². The predicted molar refractivity (Wildman–Crippen MR) is 225 cm³/mol. The first kappa shape index (κ1) is 59.9. The lowest BCUT2D eigenvalue weighted by molar-refractivity contribution is -0.735. The van der Waals surface area contributed by atoms with Crippen molar-refractivity contribution in [1.29, 1.82) is 0 Å². The van der Waals surface area contributed by atoms with Crippen LogP contribution in [0.15, 0.2) is 133 Å². The van der Waals surface area contributed by atoms with Crippen LogP contribution in [0.1, 0.15) is 54.9 Å². The molecule has 0 bridgehead atoms. The maximum Gasteiger partial charge on any atom is 0.416 e. The van der Waals surface area contributed by atoms with Crippen molar-refractivity contribution in [3.8, 4) is 0 Å². The van der Waals surface area contributed by atoms with Crippen molar-refractivity contribution in [1.82, 2.24) is 0 Å². The summed E-state index contributed by atoms with van der Waals surface area (Å²) in [7, 11) is 0. The number of pyridine rings is 1. The first-order chi connectivity index (χ1) is 35.4. The lowest BCUT2D eigenvalue weighted by Gasteiger charge is -2.46. The van der Waals surface area contributed by atoms with Crippen LogP contribution >= 0.6 is 0 Å². The molecule has 7 rings (SSSR count). The summed E-state index contributed by atoms with van der Waals surface area (Å²) in [5.74, 6) is -1.85. The van der Waals surface area contributed by atoms with Gasteiger partial charge in [-0.2, -0.15) is 127 Å². The minimum atomic E-state index is -6.13. The van der Waals surface area contributed by atoms with Gasteiger partial charge in [-0.25, -0.2) is 0 Å². The van der Waals surface area contributed by atoms with Gasteiger partial charge in [0.05, 0.1) is 56.0 Å². The van der Waals surface area contributed by atoms with E-state index in [0.717, 1.165) is 4.57 Å². The van der Waals surface area contributed by atoms with Gasteiger partial charge in [0.25, 0.3) is 0 Å². The van der Waals surface area contributed by atoms with Crippen LogP contribution in [0.5, 0.6) is 0 Å². The van der Waals surface area contributed by atoms with E-state index in [-0.39, 0.29) is 12.3 Å². The van der Waals surface area contributed by atoms with Crippen molar-refractivity contribution >= 4 is 44.6 Å². The Morgan fingerprint density at radius 3 is 0.872 bits per heavy atom. The molecule has 1 aromatic heterocycles. The van der Waals surface area contributed by atoms with Crippen molar-refractivity contribution < 1.29 is 124 Å². The molecule has 7 aromatic rings. The number of hydrogen-bond donors (Lipinski definition) is 0. The molecular formula is C49H24BF26NO. The van der Waals surface area contributed by atoms with E-state index < -0.39 is 207 Å². The number of hydrogen-bond acceptors (Lipinski definition) is 1. The van der Waals surface area contributed by atoms with Gasteiger partial charge in [-0.05, 0) is 30.3 Å². The molecular weight excluding hydrogens is 1120 g/mol. The number of nitrogens with zero attached hydrogens (tertiary/aromatic N) is 1. The van der Waals surface area contributed by atoms with E-state index in [1.165, 1.54) is 6.07 Å². The molecule has 78 heavy (non-hydrogen) atoms. The van der Waals surface area contributed by atoms with Crippen LogP contribution in [0.3, 0.4) is 0 Å². The molecule has 2 nitrogen and oxygen atoms in total. The number of aromatic nitrogens is 1. The molecule has 0 aliphatic heterocycles. The summed E-state index contributed by atoms with van der Waals surface area (Å²) >= 11 is 0. The number of rotatable bonds is 7. The molecule has 0 atom stereocenters. The molecule has 0 fully saturated rings. The summed E-state index contributed by atoms with van der Waals surface area (Å²) in [5.41, 5.74) is -29.8. The fraction of sp³-hybridized carbons (Fsp3) is 0.184. The van der Waals surface area contributed by atoms with Gasteiger partial charge >= 0.3 is 61.3 Å². The third-order valence-corrected chi connectivity index (χ3v) is 11.8. The van der Waals surface area contributed by atoms with E-state index in [1.807, 2.05) is 0 Å². The van der Waals surface area contributed by atoms with E-state index >= 15 is 0 Å². The zero-order valence-corrected chi connectivity index (χ0v) is 37.7. The smallest absolute Gasteiger partial charge is 0.287 e. The molecule has 6 aromatic carbocycles. The standard InChI is InChI=1S/C32H12BF24.C17H12F2NO/c34-25(35,36)13-1-14(26(37,38)39)6-21(5-13)33(22-7-15(27(40,41)42)2-16(8-22)28(43,44)45,23-9-17(29(46,47)48)3-18(10-23)30(49,50)51)24-11-19(31(52,53)54)4-20(12-24)32(55,56)57;18-16-10-13-8-4-5-9-14(13)17(19)20(16)11-15(21)12-6-2-1-3-7-12/h1-12H;1-10H,11H2/q-1;+1. The largest absolute Gasteiger partial charge is 0.416 e. The number of halogens is 26. The number of alkyl halides is 24. The summed E-state index contributed by atoms with van der Waals surface area (Å²) in [5, 5.41) is 0.760. The van der Waals surface area contributed by atoms with Crippen LogP contribution < -0.4 is 26.4 Å². The number of carbonyl (C=O) groups is 1. The molecule has 29 heteroatoms. The Morgan fingerprint density at radius 2 is 0.603 bits per heavy atom. The second kappa shape index (κ2) is 20.5.